The molecule has 0 aliphatic heterocycles. The third kappa shape index (κ3) is 3.47. The van der Waals surface area contributed by atoms with Crippen LogP contribution in [0.1, 0.15) is 19.4 Å². The van der Waals surface area contributed by atoms with Crippen LogP contribution < -0.4 is 10.5 Å². The van der Waals surface area contributed by atoms with Crippen LogP contribution in [-0.4, -0.2) is 12.6 Å². The molecule has 0 heterocycles. The van der Waals surface area contributed by atoms with Crippen molar-refractivity contribution in [1.82, 2.24) is 0 Å². The van der Waals surface area contributed by atoms with E-state index in [0.29, 0.717) is 0 Å². The first-order chi connectivity index (χ1) is 6.01. The summed E-state index contributed by atoms with van der Waals surface area (Å²) >= 11 is 0. The van der Waals surface area contributed by atoms with Crippen LogP contribution in [-0.2, 0) is 6.42 Å². The standard InChI is InChI=1S/C11H17NO/c1-11(2,12)8-9-5-4-6-10(7-9)13-3/h4-7H,8,12H2,1-3H3. The minimum atomic E-state index is -0.160. The highest BCUT2D eigenvalue weighted by Crippen LogP contribution is 2.16. The zero-order valence-corrected chi connectivity index (χ0v) is 8.50. The van der Waals surface area contributed by atoms with Crippen molar-refractivity contribution in [3.05, 3.63) is 29.8 Å². The van der Waals surface area contributed by atoms with Gasteiger partial charge in [-0.15, -0.1) is 0 Å². The van der Waals surface area contributed by atoms with Crippen LogP contribution in [0.4, 0.5) is 0 Å². The molecule has 13 heavy (non-hydrogen) atoms. The first-order valence-electron chi connectivity index (χ1n) is 4.43. The SMILES string of the molecule is COc1cccc(CC(C)(C)N)c1. The molecule has 0 spiro atoms. The summed E-state index contributed by atoms with van der Waals surface area (Å²) in [7, 11) is 1.67. The van der Waals surface area contributed by atoms with Crippen molar-refractivity contribution in [2.24, 2.45) is 5.73 Å². The van der Waals surface area contributed by atoms with Gasteiger partial charge in [-0.2, -0.15) is 0 Å². The lowest BCUT2D eigenvalue weighted by atomic mass is 9.96. The van der Waals surface area contributed by atoms with Crippen molar-refractivity contribution >= 4 is 0 Å². The predicted molar refractivity (Wildman–Crippen MR) is 55.0 cm³/mol. The van der Waals surface area contributed by atoms with Gasteiger partial charge < -0.3 is 10.5 Å². The molecular formula is C11H17NO. The van der Waals surface area contributed by atoms with Gasteiger partial charge in [-0.05, 0) is 38.0 Å². The van der Waals surface area contributed by atoms with Gasteiger partial charge >= 0.3 is 0 Å². The molecule has 2 nitrogen and oxygen atoms in total. The highest BCUT2D eigenvalue weighted by molar-refractivity contribution is 5.29. The van der Waals surface area contributed by atoms with Gasteiger partial charge in [-0.25, -0.2) is 0 Å². The number of hydrogen-bond donors (Lipinski definition) is 1. The summed E-state index contributed by atoms with van der Waals surface area (Å²) in [4.78, 5) is 0. The van der Waals surface area contributed by atoms with Crippen LogP contribution in [0.5, 0.6) is 5.75 Å². The average molecular weight is 179 g/mol. The summed E-state index contributed by atoms with van der Waals surface area (Å²) in [5.74, 6) is 0.891. The second-order valence-corrected chi connectivity index (χ2v) is 4.02. The molecule has 72 valence electrons. The molecule has 0 unspecified atom stereocenters. The zero-order chi connectivity index (χ0) is 9.90. The Hall–Kier alpha value is -1.02. The molecular weight excluding hydrogens is 162 g/mol. The van der Waals surface area contributed by atoms with E-state index in [-0.39, 0.29) is 5.54 Å². The van der Waals surface area contributed by atoms with E-state index in [1.54, 1.807) is 7.11 Å². The van der Waals surface area contributed by atoms with Crippen molar-refractivity contribution in [2.45, 2.75) is 25.8 Å². The molecule has 0 saturated heterocycles. The molecule has 0 aliphatic rings. The molecule has 0 aromatic heterocycles. The smallest absolute Gasteiger partial charge is 0.119 e. The minimum Gasteiger partial charge on any atom is -0.497 e. The zero-order valence-electron chi connectivity index (χ0n) is 8.50. The van der Waals surface area contributed by atoms with Gasteiger partial charge in [0, 0.05) is 5.54 Å². The largest absolute Gasteiger partial charge is 0.497 e. The first kappa shape index (κ1) is 10.1. The molecule has 0 radical (unpaired) electrons. The number of hydrogen-bond acceptors (Lipinski definition) is 2. The molecule has 0 fully saturated rings. The lowest BCUT2D eigenvalue weighted by Gasteiger charge is -2.18. The van der Waals surface area contributed by atoms with Crippen LogP contribution in [0.15, 0.2) is 24.3 Å². The number of nitrogens with two attached hydrogens (primary N) is 1. The lowest BCUT2D eigenvalue weighted by molar-refractivity contribution is 0.413. The van der Waals surface area contributed by atoms with Crippen LogP contribution in [0.25, 0.3) is 0 Å². The summed E-state index contributed by atoms with van der Waals surface area (Å²) < 4.78 is 5.13. The molecule has 0 aliphatic carbocycles. The van der Waals surface area contributed by atoms with Gasteiger partial charge in [0.05, 0.1) is 7.11 Å². The Morgan fingerprint density at radius 3 is 2.62 bits per heavy atom. The van der Waals surface area contributed by atoms with E-state index in [1.165, 1.54) is 5.56 Å². The Morgan fingerprint density at radius 1 is 1.38 bits per heavy atom. The molecule has 0 saturated carbocycles. The third-order valence-electron chi connectivity index (χ3n) is 1.79. The molecule has 1 rings (SSSR count). The number of rotatable bonds is 3. The second kappa shape index (κ2) is 3.79. The normalized spacial score (nSPS) is 11.4. The molecule has 2 N–H and O–H groups in total. The van der Waals surface area contributed by atoms with Crippen LogP contribution in [0, 0.1) is 0 Å². The van der Waals surface area contributed by atoms with Crippen molar-refractivity contribution in [3.63, 3.8) is 0 Å². The maximum Gasteiger partial charge on any atom is 0.119 e. The van der Waals surface area contributed by atoms with Gasteiger partial charge in [-0.1, -0.05) is 12.1 Å². The third-order valence-corrected chi connectivity index (χ3v) is 1.79. The fourth-order valence-corrected chi connectivity index (χ4v) is 1.31. The van der Waals surface area contributed by atoms with E-state index in [4.69, 9.17) is 10.5 Å². The Kier molecular flexibility index (Phi) is 2.94. The van der Waals surface area contributed by atoms with E-state index in [0.717, 1.165) is 12.2 Å². The van der Waals surface area contributed by atoms with Crippen molar-refractivity contribution in [3.8, 4) is 5.75 Å². The molecule has 2 heteroatoms. The molecule has 1 aromatic carbocycles. The highest BCUT2D eigenvalue weighted by atomic mass is 16.5. The Balaban J connectivity index is 2.78. The Labute approximate surface area is 79.7 Å². The van der Waals surface area contributed by atoms with E-state index in [9.17, 15) is 0 Å². The Morgan fingerprint density at radius 2 is 2.08 bits per heavy atom. The second-order valence-electron chi connectivity index (χ2n) is 4.02. The minimum absolute atomic E-state index is 0.160. The van der Waals surface area contributed by atoms with Crippen LogP contribution >= 0.6 is 0 Å². The van der Waals surface area contributed by atoms with Gasteiger partial charge in [0.25, 0.3) is 0 Å². The molecule has 0 atom stereocenters. The number of methoxy groups -OCH3 is 1. The topological polar surface area (TPSA) is 35.2 Å². The van der Waals surface area contributed by atoms with E-state index >= 15 is 0 Å². The van der Waals surface area contributed by atoms with Gasteiger partial charge in [0.2, 0.25) is 0 Å². The highest BCUT2D eigenvalue weighted by Gasteiger charge is 2.11. The van der Waals surface area contributed by atoms with Gasteiger partial charge in [0.1, 0.15) is 5.75 Å². The summed E-state index contributed by atoms with van der Waals surface area (Å²) in [5.41, 5.74) is 6.97. The fourth-order valence-electron chi connectivity index (χ4n) is 1.31. The van der Waals surface area contributed by atoms with Crippen molar-refractivity contribution < 1.29 is 4.74 Å². The van der Waals surface area contributed by atoms with Crippen LogP contribution in [0.2, 0.25) is 0 Å². The first-order valence-corrected chi connectivity index (χ1v) is 4.43. The predicted octanol–water partition coefficient (Wildman–Crippen LogP) is 1.98. The van der Waals surface area contributed by atoms with Crippen molar-refractivity contribution in [1.29, 1.82) is 0 Å². The van der Waals surface area contributed by atoms with Gasteiger partial charge in [-0.3, -0.25) is 0 Å². The van der Waals surface area contributed by atoms with E-state index in [1.807, 2.05) is 32.0 Å². The maximum absolute atomic E-state index is 5.92. The van der Waals surface area contributed by atoms with E-state index in [2.05, 4.69) is 6.07 Å². The summed E-state index contributed by atoms with van der Waals surface area (Å²) in [6.45, 7) is 4.04. The molecule has 0 amide bonds. The quantitative estimate of drug-likeness (QED) is 0.770. The van der Waals surface area contributed by atoms with Crippen LogP contribution in [0.3, 0.4) is 0 Å². The molecule has 0 bridgehead atoms. The summed E-state index contributed by atoms with van der Waals surface area (Å²) in [6, 6.07) is 8.01. The average Bonchev–Trinajstić information content (AvgIpc) is 2.01. The molecule has 1 aromatic rings. The Bertz CT molecular complexity index is 276. The monoisotopic (exact) mass is 179 g/mol. The summed E-state index contributed by atoms with van der Waals surface area (Å²) in [5, 5.41) is 0. The number of ether oxygens (including phenoxy) is 1. The maximum atomic E-state index is 5.92. The summed E-state index contributed by atoms with van der Waals surface area (Å²) in [6.07, 6.45) is 0.865. The van der Waals surface area contributed by atoms with Gasteiger partial charge in [0.15, 0.2) is 0 Å². The lowest BCUT2D eigenvalue weighted by Crippen LogP contribution is -2.34. The number of benzene rings is 1. The van der Waals surface area contributed by atoms with Crippen molar-refractivity contribution in [2.75, 3.05) is 7.11 Å². The van der Waals surface area contributed by atoms with E-state index < -0.39 is 0 Å². The fraction of sp³-hybridized carbons (Fsp3) is 0.455.